The van der Waals surface area contributed by atoms with E-state index in [1.54, 1.807) is 19.2 Å². The lowest BCUT2D eigenvalue weighted by Gasteiger charge is -2.19. The van der Waals surface area contributed by atoms with E-state index in [0.29, 0.717) is 23.6 Å². The van der Waals surface area contributed by atoms with Crippen LogP contribution in [0.3, 0.4) is 0 Å². The van der Waals surface area contributed by atoms with Crippen molar-refractivity contribution in [3.8, 4) is 11.5 Å². The van der Waals surface area contributed by atoms with Gasteiger partial charge in [-0.2, -0.15) is 0 Å². The zero-order chi connectivity index (χ0) is 19.9. The first-order valence-electron chi connectivity index (χ1n) is 9.48. The van der Waals surface area contributed by atoms with Crippen molar-refractivity contribution in [3.63, 3.8) is 0 Å². The lowest BCUT2D eigenvalue weighted by molar-refractivity contribution is -0.120. The van der Waals surface area contributed by atoms with Crippen LogP contribution in [-0.2, 0) is 17.8 Å². The van der Waals surface area contributed by atoms with E-state index in [2.05, 4.69) is 5.32 Å². The molecule has 1 amide bonds. The monoisotopic (exact) mass is 383 g/mol. The summed E-state index contributed by atoms with van der Waals surface area (Å²) in [6.07, 6.45) is 4.70. The van der Waals surface area contributed by atoms with E-state index in [-0.39, 0.29) is 24.0 Å². The molecule has 148 valence electrons. The number of nitrogens with one attached hydrogen (secondary N) is 1. The summed E-state index contributed by atoms with van der Waals surface area (Å²) in [4.78, 5) is 23.4. The number of carboxylic acid groups (broad SMARTS) is 1. The fraction of sp³-hybridized carbons (Fsp3) is 0.364. The third-order valence-electron chi connectivity index (χ3n) is 4.88. The van der Waals surface area contributed by atoms with Crippen molar-refractivity contribution in [1.82, 2.24) is 5.32 Å². The van der Waals surface area contributed by atoms with Gasteiger partial charge in [0.15, 0.2) is 11.5 Å². The molecule has 0 radical (unpaired) electrons. The van der Waals surface area contributed by atoms with E-state index < -0.39 is 5.97 Å². The molecule has 2 aromatic rings. The van der Waals surface area contributed by atoms with Gasteiger partial charge in [-0.05, 0) is 49.4 Å². The Hall–Kier alpha value is -3.02. The van der Waals surface area contributed by atoms with E-state index in [4.69, 9.17) is 14.6 Å². The molecule has 0 bridgehead atoms. The molecule has 1 aliphatic rings. The molecular formula is C22H25NO5. The number of hydrogen-bond donors (Lipinski definition) is 2. The van der Waals surface area contributed by atoms with E-state index in [1.165, 1.54) is 25.0 Å². The molecule has 2 N–H and O–H groups in total. The highest BCUT2D eigenvalue weighted by Crippen LogP contribution is 2.34. The molecule has 2 aromatic carbocycles. The lowest BCUT2D eigenvalue weighted by Crippen LogP contribution is -2.25. The van der Waals surface area contributed by atoms with Crippen LogP contribution in [-0.4, -0.2) is 30.2 Å². The first-order chi connectivity index (χ1) is 13.6. The second kappa shape index (κ2) is 9.26. The van der Waals surface area contributed by atoms with E-state index >= 15 is 0 Å². The van der Waals surface area contributed by atoms with Crippen LogP contribution in [0, 0.1) is 0 Å². The van der Waals surface area contributed by atoms with Crippen molar-refractivity contribution in [3.05, 3.63) is 59.2 Å². The predicted molar refractivity (Wildman–Crippen MR) is 105 cm³/mol. The average molecular weight is 383 g/mol. The van der Waals surface area contributed by atoms with Crippen LogP contribution in [0.25, 0.3) is 0 Å². The van der Waals surface area contributed by atoms with Crippen LogP contribution in [0.1, 0.15) is 47.2 Å². The summed E-state index contributed by atoms with van der Waals surface area (Å²) < 4.78 is 11.6. The van der Waals surface area contributed by atoms with Crippen molar-refractivity contribution >= 4 is 11.9 Å². The second-order valence-corrected chi connectivity index (χ2v) is 6.93. The fourth-order valence-electron chi connectivity index (χ4n) is 3.42. The van der Waals surface area contributed by atoms with Crippen LogP contribution in [0.4, 0.5) is 0 Å². The molecule has 1 saturated carbocycles. The maximum atomic E-state index is 12.3. The Kier molecular flexibility index (Phi) is 6.53. The van der Waals surface area contributed by atoms with Crippen LogP contribution in [0.5, 0.6) is 11.5 Å². The van der Waals surface area contributed by atoms with Gasteiger partial charge >= 0.3 is 5.97 Å². The molecule has 3 rings (SSSR count). The Bertz CT molecular complexity index is 843. The van der Waals surface area contributed by atoms with Gasteiger partial charge in [-0.1, -0.05) is 24.3 Å². The van der Waals surface area contributed by atoms with Gasteiger partial charge in [0.05, 0.1) is 25.2 Å². The van der Waals surface area contributed by atoms with Gasteiger partial charge in [0.2, 0.25) is 5.91 Å². The van der Waals surface area contributed by atoms with Crippen molar-refractivity contribution < 1.29 is 24.2 Å². The number of carbonyl (C=O) groups excluding carboxylic acids is 1. The molecule has 0 aliphatic heterocycles. The van der Waals surface area contributed by atoms with Gasteiger partial charge in [-0.25, -0.2) is 4.79 Å². The van der Waals surface area contributed by atoms with Gasteiger partial charge in [0.25, 0.3) is 0 Å². The number of carbonyl (C=O) groups is 2. The number of carboxylic acids is 1. The Balaban J connectivity index is 1.65. The first-order valence-corrected chi connectivity index (χ1v) is 9.48. The van der Waals surface area contributed by atoms with E-state index in [9.17, 15) is 9.59 Å². The standard InChI is InChI=1S/C22H25NO5/c1-27-19-11-5-8-17(21(19)28-18-9-2-3-10-18)14-23-20(24)13-15-6-4-7-16(12-15)22(25)26/h4-8,11-12,18H,2-3,9-10,13-14H2,1H3,(H,23,24)(H,25,26). The number of para-hydroxylation sites is 1. The maximum absolute atomic E-state index is 12.3. The van der Waals surface area contributed by atoms with Crippen molar-refractivity contribution in [1.29, 1.82) is 0 Å². The summed E-state index contributed by atoms with van der Waals surface area (Å²) in [7, 11) is 1.61. The quantitative estimate of drug-likeness (QED) is 0.728. The molecule has 0 saturated heterocycles. The maximum Gasteiger partial charge on any atom is 0.335 e. The summed E-state index contributed by atoms with van der Waals surface area (Å²) in [5.74, 6) is 0.155. The van der Waals surface area contributed by atoms with E-state index in [1.807, 2.05) is 18.2 Å². The van der Waals surface area contributed by atoms with Crippen LogP contribution < -0.4 is 14.8 Å². The Morgan fingerprint density at radius 3 is 2.61 bits per heavy atom. The van der Waals surface area contributed by atoms with Gasteiger partial charge < -0.3 is 19.9 Å². The largest absolute Gasteiger partial charge is 0.493 e. The van der Waals surface area contributed by atoms with Gasteiger partial charge in [0.1, 0.15) is 0 Å². The summed E-state index contributed by atoms with van der Waals surface area (Å²) in [6.45, 7) is 0.316. The molecule has 1 fully saturated rings. The highest BCUT2D eigenvalue weighted by molar-refractivity contribution is 5.88. The third kappa shape index (κ3) is 5.03. The molecular weight excluding hydrogens is 358 g/mol. The highest BCUT2D eigenvalue weighted by Gasteiger charge is 2.20. The molecule has 28 heavy (non-hydrogen) atoms. The summed E-state index contributed by atoms with van der Waals surface area (Å²) in [5.41, 5.74) is 1.69. The number of aromatic carboxylic acids is 1. The third-order valence-corrected chi connectivity index (χ3v) is 4.88. The minimum atomic E-state index is -1.01. The summed E-state index contributed by atoms with van der Waals surface area (Å²) >= 11 is 0. The summed E-state index contributed by atoms with van der Waals surface area (Å²) in [5, 5.41) is 12.0. The average Bonchev–Trinajstić information content (AvgIpc) is 3.20. The molecule has 1 aliphatic carbocycles. The molecule has 0 spiro atoms. The second-order valence-electron chi connectivity index (χ2n) is 6.93. The number of hydrogen-bond acceptors (Lipinski definition) is 4. The fourth-order valence-corrected chi connectivity index (χ4v) is 3.42. The SMILES string of the molecule is COc1cccc(CNC(=O)Cc2cccc(C(=O)O)c2)c1OC1CCCC1. The Labute approximate surface area is 164 Å². The van der Waals surface area contributed by atoms with Crippen molar-refractivity contribution in [2.75, 3.05) is 7.11 Å². The van der Waals surface area contributed by atoms with Gasteiger partial charge in [-0.15, -0.1) is 0 Å². The smallest absolute Gasteiger partial charge is 0.335 e. The first kappa shape index (κ1) is 19.7. The molecule has 0 heterocycles. The molecule has 0 aromatic heterocycles. The number of rotatable bonds is 8. The van der Waals surface area contributed by atoms with Gasteiger partial charge in [-0.3, -0.25) is 4.79 Å². The number of amides is 1. The van der Waals surface area contributed by atoms with Crippen LogP contribution >= 0.6 is 0 Å². The van der Waals surface area contributed by atoms with Crippen LogP contribution in [0.2, 0.25) is 0 Å². The molecule has 6 heteroatoms. The zero-order valence-electron chi connectivity index (χ0n) is 15.9. The molecule has 6 nitrogen and oxygen atoms in total. The molecule has 0 atom stereocenters. The highest BCUT2D eigenvalue weighted by atomic mass is 16.5. The van der Waals surface area contributed by atoms with E-state index in [0.717, 1.165) is 18.4 Å². The zero-order valence-corrected chi connectivity index (χ0v) is 15.9. The van der Waals surface area contributed by atoms with Crippen molar-refractivity contribution in [2.45, 2.75) is 44.8 Å². The lowest BCUT2D eigenvalue weighted by atomic mass is 10.1. The minimum absolute atomic E-state index is 0.115. The van der Waals surface area contributed by atoms with Crippen LogP contribution in [0.15, 0.2) is 42.5 Å². The predicted octanol–water partition coefficient (Wildman–Crippen LogP) is 3.57. The molecule has 0 unspecified atom stereocenters. The number of ether oxygens (including phenoxy) is 2. The normalized spacial score (nSPS) is 13.9. The van der Waals surface area contributed by atoms with Crippen molar-refractivity contribution in [2.24, 2.45) is 0 Å². The summed E-state index contributed by atoms with van der Waals surface area (Å²) in [6, 6.07) is 12.0. The topological polar surface area (TPSA) is 84.9 Å². The Morgan fingerprint density at radius 1 is 1.14 bits per heavy atom. The Morgan fingerprint density at radius 2 is 1.89 bits per heavy atom. The minimum Gasteiger partial charge on any atom is -0.493 e. The number of benzene rings is 2. The number of methoxy groups -OCH3 is 1. The van der Waals surface area contributed by atoms with Gasteiger partial charge in [0, 0.05) is 12.1 Å².